The van der Waals surface area contributed by atoms with E-state index >= 15 is 0 Å². The van der Waals surface area contributed by atoms with Gasteiger partial charge in [-0.15, -0.1) is 11.8 Å². The molecule has 5 nitrogen and oxygen atoms in total. The maximum absolute atomic E-state index is 4.45. The Morgan fingerprint density at radius 2 is 1.88 bits per heavy atom. The molecule has 3 rings (SSSR count). The van der Waals surface area contributed by atoms with Gasteiger partial charge in [0.1, 0.15) is 16.9 Å². The molecule has 3 aromatic rings. The summed E-state index contributed by atoms with van der Waals surface area (Å²) in [7, 11) is 0. The first-order valence-electron chi connectivity index (χ1n) is 8.33. The zero-order valence-electron chi connectivity index (χ0n) is 14.0. The molecule has 0 radical (unpaired) electrons. The first-order chi connectivity index (χ1) is 11.9. The predicted molar refractivity (Wildman–Crippen MR) is 99.4 cm³/mol. The number of fused-ring (bicyclic) bond motifs is 1. The number of nitrogens with one attached hydrogen (secondary N) is 1. The minimum atomic E-state index is 0.904. The third-order valence-electron chi connectivity index (χ3n) is 3.98. The Morgan fingerprint density at radius 3 is 2.71 bits per heavy atom. The SMILES string of the molecule is CSc1ncnc2c1ncn2CCCNCCCc1ccccc1. The molecule has 0 saturated carbocycles. The molecule has 0 fully saturated rings. The Hall–Kier alpha value is -1.92. The van der Waals surface area contributed by atoms with E-state index in [0.717, 1.165) is 48.7 Å². The number of thioether (sulfide) groups is 1. The van der Waals surface area contributed by atoms with Gasteiger partial charge in [0.2, 0.25) is 0 Å². The quantitative estimate of drug-likeness (QED) is 0.368. The Bertz CT molecular complexity index is 756. The average Bonchev–Trinajstić information content (AvgIpc) is 3.05. The number of nitrogens with zero attached hydrogens (tertiary/aromatic N) is 4. The largest absolute Gasteiger partial charge is 0.317 e. The lowest BCUT2D eigenvalue weighted by atomic mass is 10.1. The fourth-order valence-corrected chi connectivity index (χ4v) is 3.22. The molecule has 0 aliphatic carbocycles. The van der Waals surface area contributed by atoms with Gasteiger partial charge in [0.05, 0.1) is 6.33 Å². The highest BCUT2D eigenvalue weighted by Gasteiger charge is 2.08. The van der Waals surface area contributed by atoms with Crippen molar-refractivity contribution in [3.05, 3.63) is 48.5 Å². The highest BCUT2D eigenvalue weighted by atomic mass is 32.2. The molecule has 0 bridgehead atoms. The number of aryl methyl sites for hydroxylation is 2. The highest BCUT2D eigenvalue weighted by Crippen LogP contribution is 2.20. The summed E-state index contributed by atoms with van der Waals surface area (Å²) < 4.78 is 2.11. The van der Waals surface area contributed by atoms with Crippen molar-refractivity contribution in [1.29, 1.82) is 0 Å². The van der Waals surface area contributed by atoms with Crippen LogP contribution >= 0.6 is 11.8 Å². The molecule has 1 aromatic carbocycles. The van der Waals surface area contributed by atoms with Crippen LogP contribution in [0.15, 0.2) is 48.0 Å². The van der Waals surface area contributed by atoms with Gasteiger partial charge in [-0.2, -0.15) is 0 Å². The van der Waals surface area contributed by atoms with Crippen LogP contribution in [0.2, 0.25) is 0 Å². The van der Waals surface area contributed by atoms with E-state index in [4.69, 9.17) is 0 Å². The van der Waals surface area contributed by atoms with E-state index in [2.05, 4.69) is 55.2 Å². The summed E-state index contributed by atoms with van der Waals surface area (Å²) >= 11 is 1.61. The standard InChI is InChI=1S/C18H23N5S/c1-24-18-16-17(20-13-21-18)23(14-22-16)12-6-11-19-10-5-9-15-7-3-2-4-8-15/h2-4,7-8,13-14,19H,5-6,9-12H2,1H3. The van der Waals surface area contributed by atoms with Crippen molar-refractivity contribution in [3.8, 4) is 0 Å². The van der Waals surface area contributed by atoms with E-state index in [1.165, 1.54) is 12.0 Å². The van der Waals surface area contributed by atoms with Crippen LogP contribution in [0.1, 0.15) is 18.4 Å². The van der Waals surface area contributed by atoms with Gasteiger partial charge in [-0.3, -0.25) is 0 Å². The van der Waals surface area contributed by atoms with Crippen LogP contribution in [-0.2, 0) is 13.0 Å². The molecule has 0 aliphatic heterocycles. The smallest absolute Gasteiger partial charge is 0.164 e. The number of hydrogen-bond acceptors (Lipinski definition) is 5. The van der Waals surface area contributed by atoms with Gasteiger partial charge in [-0.25, -0.2) is 15.0 Å². The molecule has 2 aromatic heterocycles. The van der Waals surface area contributed by atoms with Crippen molar-refractivity contribution in [1.82, 2.24) is 24.8 Å². The van der Waals surface area contributed by atoms with Crippen molar-refractivity contribution in [2.75, 3.05) is 19.3 Å². The molecule has 0 saturated heterocycles. The van der Waals surface area contributed by atoms with Crippen LogP contribution in [0.3, 0.4) is 0 Å². The fraction of sp³-hybridized carbons (Fsp3) is 0.389. The predicted octanol–water partition coefficient (Wildman–Crippen LogP) is 3.16. The summed E-state index contributed by atoms with van der Waals surface area (Å²) in [5.41, 5.74) is 3.24. The zero-order valence-corrected chi connectivity index (χ0v) is 14.8. The maximum atomic E-state index is 4.45. The third kappa shape index (κ3) is 4.33. The van der Waals surface area contributed by atoms with Crippen LogP contribution in [0.5, 0.6) is 0 Å². The van der Waals surface area contributed by atoms with E-state index < -0.39 is 0 Å². The normalized spacial score (nSPS) is 11.2. The molecule has 24 heavy (non-hydrogen) atoms. The molecular formula is C18H23N5S. The van der Waals surface area contributed by atoms with Gasteiger partial charge in [0.15, 0.2) is 5.65 Å². The minimum Gasteiger partial charge on any atom is -0.317 e. The number of benzene rings is 1. The van der Waals surface area contributed by atoms with E-state index in [1.807, 2.05) is 12.6 Å². The first kappa shape index (κ1) is 16.9. The van der Waals surface area contributed by atoms with E-state index in [0.29, 0.717) is 0 Å². The van der Waals surface area contributed by atoms with Gasteiger partial charge in [-0.1, -0.05) is 30.3 Å². The van der Waals surface area contributed by atoms with Gasteiger partial charge < -0.3 is 9.88 Å². The molecule has 0 atom stereocenters. The lowest BCUT2D eigenvalue weighted by Crippen LogP contribution is -2.18. The minimum absolute atomic E-state index is 0.904. The van der Waals surface area contributed by atoms with Gasteiger partial charge in [0.25, 0.3) is 0 Å². The van der Waals surface area contributed by atoms with Crippen molar-refractivity contribution in [3.63, 3.8) is 0 Å². The summed E-state index contributed by atoms with van der Waals surface area (Å²) in [4.78, 5) is 13.1. The molecule has 0 spiro atoms. The Labute approximate surface area is 146 Å². The molecule has 2 heterocycles. The van der Waals surface area contributed by atoms with Crippen LogP contribution < -0.4 is 5.32 Å². The van der Waals surface area contributed by atoms with Gasteiger partial charge in [-0.05, 0) is 44.2 Å². The number of aromatic nitrogens is 4. The lowest BCUT2D eigenvalue weighted by molar-refractivity contribution is 0.575. The summed E-state index contributed by atoms with van der Waals surface area (Å²) in [6, 6.07) is 10.6. The fourth-order valence-electron chi connectivity index (χ4n) is 2.73. The second-order valence-corrected chi connectivity index (χ2v) is 6.48. The number of imidazole rings is 1. The molecule has 126 valence electrons. The Balaban J connectivity index is 1.38. The summed E-state index contributed by atoms with van der Waals surface area (Å²) in [6.45, 7) is 2.99. The molecule has 6 heteroatoms. The Kier molecular flexibility index (Phi) is 6.20. The Morgan fingerprint density at radius 1 is 1.04 bits per heavy atom. The van der Waals surface area contributed by atoms with Crippen molar-refractivity contribution in [2.45, 2.75) is 30.8 Å². The number of rotatable bonds is 9. The summed E-state index contributed by atoms with van der Waals surface area (Å²) in [5.74, 6) is 0. The second-order valence-electron chi connectivity index (χ2n) is 5.69. The van der Waals surface area contributed by atoms with Crippen molar-refractivity contribution in [2.24, 2.45) is 0 Å². The van der Waals surface area contributed by atoms with Crippen LogP contribution in [-0.4, -0.2) is 38.9 Å². The highest BCUT2D eigenvalue weighted by molar-refractivity contribution is 7.98. The average molecular weight is 341 g/mol. The monoisotopic (exact) mass is 341 g/mol. The third-order valence-corrected chi connectivity index (χ3v) is 4.66. The molecule has 0 amide bonds. The maximum Gasteiger partial charge on any atom is 0.164 e. The zero-order chi connectivity index (χ0) is 16.6. The van der Waals surface area contributed by atoms with E-state index in [9.17, 15) is 0 Å². The molecule has 1 N–H and O–H groups in total. The van der Waals surface area contributed by atoms with Crippen molar-refractivity contribution < 1.29 is 0 Å². The van der Waals surface area contributed by atoms with Crippen LogP contribution in [0.25, 0.3) is 11.2 Å². The number of hydrogen-bond donors (Lipinski definition) is 1. The molecular weight excluding hydrogens is 318 g/mol. The molecule has 0 unspecified atom stereocenters. The van der Waals surface area contributed by atoms with Crippen LogP contribution in [0.4, 0.5) is 0 Å². The lowest BCUT2D eigenvalue weighted by Gasteiger charge is -2.06. The second kappa shape index (κ2) is 8.80. The van der Waals surface area contributed by atoms with E-state index in [-0.39, 0.29) is 0 Å². The van der Waals surface area contributed by atoms with E-state index in [1.54, 1.807) is 18.1 Å². The van der Waals surface area contributed by atoms with Gasteiger partial charge in [0, 0.05) is 6.54 Å². The van der Waals surface area contributed by atoms with Gasteiger partial charge >= 0.3 is 0 Å². The van der Waals surface area contributed by atoms with Crippen LogP contribution in [0, 0.1) is 0 Å². The molecule has 0 aliphatic rings. The topological polar surface area (TPSA) is 55.6 Å². The summed E-state index contributed by atoms with van der Waals surface area (Å²) in [6.07, 6.45) is 8.87. The van der Waals surface area contributed by atoms with Crippen molar-refractivity contribution >= 4 is 22.9 Å². The first-order valence-corrected chi connectivity index (χ1v) is 9.55. The summed E-state index contributed by atoms with van der Waals surface area (Å²) in [5, 5.41) is 4.46.